The fourth-order valence-electron chi connectivity index (χ4n) is 3.35. The third-order valence-corrected chi connectivity index (χ3v) is 4.30. The van der Waals surface area contributed by atoms with Gasteiger partial charge in [0, 0.05) is 22.1 Å². The van der Waals surface area contributed by atoms with E-state index in [4.69, 9.17) is 0 Å². The summed E-state index contributed by atoms with van der Waals surface area (Å²) in [6, 6.07) is 13.0. The highest BCUT2D eigenvalue weighted by Crippen LogP contribution is 2.42. The number of hydrogen-bond donors (Lipinski definition) is 2. The molecule has 5 heteroatoms. The van der Waals surface area contributed by atoms with E-state index in [1.807, 2.05) is 0 Å². The van der Waals surface area contributed by atoms with Crippen LogP contribution in [-0.4, -0.2) is 27.9 Å². The van der Waals surface area contributed by atoms with Gasteiger partial charge in [-0.2, -0.15) is 0 Å². The lowest BCUT2D eigenvalue weighted by molar-refractivity contribution is 0.0652. The SMILES string of the molecule is O=C(O)c1cc2cccc3c2c(c1C(=O)O)-c1ccccc1C3=O. The van der Waals surface area contributed by atoms with Crippen molar-refractivity contribution in [3.63, 3.8) is 0 Å². The summed E-state index contributed by atoms with van der Waals surface area (Å²) in [5.74, 6) is -2.84. The van der Waals surface area contributed by atoms with Crippen LogP contribution < -0.4 is 0 Å². The molecule has 0 aliphatic heterocycles. The molecule has 0 bridgehead atoms. The molecule has 116 valence electrons. The van der Waals surface area contributed by atoms with Crippen molar-refractivity contribution in [2.75, 3.05) is 0 Å². The summed E-state index contributed by atoms with van der Waals surface area (Å²) in [4.78, 5) is 36.1. The first-order chi connectivity index (χ1) is 11.5. The minimum atomic E-state index is -1.33. The molecule has 24 heavy (non-hydrogen) atoms. The van der Waals surface area contributed by atoms with Gasteiger partial charge in [0.1, 0.15) is 0 Å². The van der Waals surface area contributed by atoms with Gasteiger partial charge in [0.2, 0.25) is 0 Å². The highest BCUT2D eigenvalue weighted by atomic mass is 16.4. The second-order valence-electron chi connectivity index (χ2n) is 5.56. The number of fused-ring (bicyclic) bond motifs is 2. The molecule has 3 aromatic rings. The van der Waals surface area contributed by atoms with Gasteiger partial charge < -0.3 is 10.2 Å². The van der Waals surface area contributed by atoms with Crippen molar-refractivity contribution in [3.05, 3.63) is 70.8 Å². The minimum absolute atomic E-state index is 0.192. The molecule has 2 N–H and O–H groups in total. The summed E-state index contributed by atoms with van der Waals surface area (Å²) < 4.78 is 0. The molecule has 0 saturated heterocycles. The van der Waals surface area contributed by atoms with Crippen molar-refractivity contribution in [1.82, 2.24) is 0 Å². The number of carbonyl (C=O) groups excluding carboxylic acids is 1. The number of ketones is 1. The Morgan fingerprint density at radius 2 is 1.46 bits per heavy atom. The Balaban J connectivity index is 2.33. The van der Waals surface area contributed by atoms with E-state index < -0.39 is 11.9 Å². The first-order valence-electron chi connectivity index (χ1n) is 7.21. The maximum Gasteiger partial charge on any atom is 0.337 e. The Morgan fingerprint density at radius 3 is 2.12 bits per heavy atom. The van der Waals surface area contributed by atoms with E-state index in [2.05, 4.69) is 0 Å². The first kappa shape index (κ1) is 14.1. The number of aromatic carboxylic acids is 2. The predicted molar refractivity (Wildman–Crippen MR) is 86.7 cm³/mol. The lowest BCUT2D eigenvalue weighted by Crippen LogP contribution is -2.16. The maximum absolute atomic E-state index is 12.7. The Bertz CT molecular complexity index is 1080. The smallest absolute Gasteiger partial charge is 0.337 e. The zero-order valence-corrected chi connectivity index (χ0v) is 12.2. The lowest BCUT2D eigenvalue weighted by atomic mass is 9.79. The number of hydrogen-bond acceptors (Lipinski definition) is 3. The zero-order valence-electron chi connectivity index (χ0n) is 12.2. The molecule has 0 unspecified atom stereocenters. The zero-order chi connectivity index (χ0) is 17.0. The summed E-state index contributed by atoms with van der Waals surface area (Å²) in [6.07, 6.45) is 0. The summed E-state index contributed by atoms with van der Waals surface area (Å²) in [6.45, 7) is 0. The van der Waals surface area contributed by atoms with Gasteiger partial charge in [0.25, 0.3) is 0 Å². The van der Waals surface area contributed by atoms with E-state index in [0.29, 0.717) is 33.0 Å². The van der Waals surface area contributed by atoms with Crippen LogP contribution in [0.1, 0.15) is 36.6 Å². The average Bonchev–Trinajstić information content (AvgIpc) is 2.58. The van der Waals surface area contributed by atoms with Crippen LogP contribution in [0.5, 0.6) is 0 Å². The molecule has 0 atom stereocenters. The standard InChI is InChI=1S/C19H10O5/c20-17-11-6-2-1-5-10(11)15-14-9(4-3-7-12(14)17)8-13(18(21)22)16(15)19(23)24/h1-8H,(H,21,22)(H,23,24). The average molecular weight is 318 g/mol. The van der Waals surface area contributed by atoms with Gasteiger partial charge in [0.15, 0.2) is 5.78 Å². The van der Waals surface area contributed by atoms with Crippen LogP contribution in [0, 0.1) is 0 Å². The molecule has 0 fully saturated rings. The van der Waals surface area contributed by atoms with E-state index in [-0.39, 0.29) is 16.9 Å². The quantitative estimate of drug-likeness (QED) is 0.590. The molecule has 5 nitrogen and oxygen atoms in total. The van der Waals surface area contributed by atoms with Crippen LogP contribution in [0.15, 0.2) is 48.5 Å². The van der Waals surface area contributed by atoms with Gasteiger partial charge in [-0.15, -0.1) is 0 Å². The number of carboxylic acid groups (broad SMARTS) is 2. The molecule has 0 heterocycles. The predicted octanol–water partition coefficient (Wildman–Crippen LogP) is 3.45. The molecular weight excluding hydrogens is 308 g/mol. The van der Waals surface area contributed by atoms with Gasteiger partial charge in [0.05, 0.1) is 11.1 Å². The van der Waals surface area contributed by atoms with Crippen LogP contribution in [0.3, 0.4) is 0 Å². The van der Waals surface area contributed by atoms with Crippen LogP contribution in [0.4, 0.5) is 0 Å². The Labute approximate surface area is 135 Å². The van der Waals surface area contributed by atoms with Crippen molar-refractivity contribution >= 4 is 28.5 Å². The Kier molecular flexibility index (Phi) is 2.81. The van der Waals surface area contributed by atoms with Crippen LogP contribution >= 0.6 is 0 Å². The van der Waals surface area contributed by atoms with Crippen molar-refractivity contribution in [2.45, 2.75) is 0 Å². The molecule has 3 aromatic carbocycles. The number of carbonyl (C=O) groups is 3. The van der Waals surface area contributed by atoms with E-state index in [1.165, 1.54) is 6.07 Å². The molecule has 1 aliphatic rings. The largest absolute Gasteiger partial charge is 0.478 e. The molecule has 0 amide bonds. The molecule has 1 aliphatic carbocycles. The molecule has 4 rings (SSSR count). The Hall–Kier alpha value is -3.47. The van der Waals surface area contributed by atoms with Crippen molar-refractivity contribution < 1.29 is 24.6 Å². The van der Waals surface area contributed by atoms with Gasteiger partial charge in [-0.3, -0.25) is 4.79 Å². The van der Waals surface area contributed by atoms with Crippen molar-refractivity contribution in [1.29, 1.82) is 0 Å². The monoisotopic (exact) mass is 318 g/mol. The van der Waals surface area contributed by atoms with Crippen LogP contribution in [0.2, 0.25) is 0 Å². The normalized spacial score (nSPS) is 12.1. The molecule has 0 radical (unpaired) electrons. The summed E-state index contributed by atoms with van der Waals surface area (Å²) in [5, 5.41) is 20.1. The van der Waals surface area contributed by atoms with Crippen molar-refractivity contribution in [3.8, 4) is 11.1 Å². The molecule has 0 saturated carbocycles. The number of rotatable bonds is 2. The van der Waals surface area contributed by atoms with Gasteiger partial charge in [-0.1, -0.05) is 42.5 Å². The minimum Gasteiger partial charge on any atom is -0.478 e. The van der Waals surface area contributed by atoms with Crippen LogP contribution in [-0.2, 0) is 0 Å². The van der Waals surface area contributed by atoms with Crippen LogP contribution in [0.25, 0.3) is 21.9 Å². The molecular formula is C19H10O5. The first-order valence-corrected chi connectivity index (χ1v) is 7.21. The fraction of sp³-hybridized carbons (Fsp3) is 0. The van der Waals surface area contributed by atoms with Gasteiger partial charge in [-0.25, -0.2) is 9.59 Å². The second-order valence-corrected chi connectivity index (χ2v) is 5.56. The molecule has 0 spiro atoms. The summed E-state index contributed by atoms with van der Waals surface area (Å²) in [7, 11) is 0. The summed E-state index contributed by atoms with van der Waals surface area (Å²) in [5.41, 5.74) is 0.937. The van der Waals surface area contributed by atoms with Crippen molar-refractivity contribution in [2.24, 2.45) is 0 Å². The van der Waals surface area contributed by atoms with E-state index in [0.717, 1.165) is 0 Å². The highest BCUT2D eigenvalue weighted by molar-refractivity contribution is 6.29. The number of carboxylic acids is 2. The third-order valence-electron chi connectivity index (χ3n) is 4.30. The highest BCUT2D eigenvalue weighted by Gasteiger charge is 2.31. The Morgan fingerprint density at radius 1 is 0.792 bits per heavy atom. The number of benzene rings is 3. The fourth-order valence-corrected chi connectivity index (χ4v) is 3.35. The van der Waals surface area contributed by atoms with Gasteiger partial charge in [-0.05, 0) is 17.0 Å². The second kappa shape index (κ2) is 4.76. The third kappa shape index (κ3) is 1.72. The van der Waals surface area contributed by atoms with Gasteiger partial charge >= 0.3 is 11.9 Å². The topological polar surface area (TPSA) is 91.7 Å². The van der Waals surface area contributed by atoms with E-state index in [9.17, 15) is 24.6 Å². The lowest BCUT2D eigenvalue weighted by Gasteiger charge is -2.22. The molecule has 0 aromatic heterocycles. The van der Waals surface area contributed by atoms with E-state index in [1.54, 1.807) is 42.5 Å². The summed E-state index contributed by atoms with van der Waals surface area (Å²) >= 11 is 0. The van der Waals surface area contributed by atoms with E-state index >= 15 is 0 Å². The maximum atomic E-state index is 12.7.